The Morgan fingerprint density at radius 2 is 1.88 bits per heavy atom. The third kappa shape index (κ3) is 6.06. The summed E-state index contributed by atoms with van der Waals surface area (Å²) in [5, 5.41) is 6.34. The molecule has 0 aromatic carbocycles. The molecule has 1 aliphatic carbocycles. The van der Waals surface area contributed by atoms with E-state index >= 15 is 0 Å². The van der Waals surface area contributed by atoms with Gasteiger partial charge in [-0.05, 0) is 44.6 Å². The number of hydrogen-bond acceptors (Lipinski definition) is 2. The van der Waals surface area contributed by atoms with E-state index in [2.05, 4.69) is 24.5 Å². The van der Waals surface area contributed by atoms with Gasteiger partial charge < -0.3 is 10.6 Å². The van der Waals surface area contributed by atoms with Crippen LogP contribution in [0.1, 0.15) is 52.9 Å². The van der Waals surface area contributed by atoms with E-state index in [0.717, 1.165) is 25.4 Å². The molecule has 100 valence electrons. The highest BCUT2D eigenvalue weighted by Gasteiger charge is 2.17. The van der Waals surface area contributed by atoms with Crippen LogP contribution in [0.15, 0.2) is 0 Å². The quantitative estimate of drug-likeness (QED) is 0.717. The smallest absolute Gasteiger partial charge is 0.236 e. The number of nitrogens with one attached hydrogen (secondary N) is 2. The molecule has 0 aromatic rings. The standard InChI is InChI=1S/C14H28N2O/c1-11(2)8-9-15-14(17)12(3)16-10-13-6-4-5-7-13/h11-13,16H,4-10H2,1-3H3,(H,15,17). The van der Waals surface area contributed by atoms with Gasteiger partial charge in [0.25, 0.3) is 0 Å². The van der Waals surface area contributed by atoms with E-state index in [0.29, 0.717) is 5.92 Å². The fraction of sp³-hybridized carbons (Fsp3) is 0.929. The van der Waals surface area contributed by atoms with Gasteiger partial charge >= 0.3 is 0 Å². The van der Waals surface area contributed by atoms with Crippen LogP contribution in [0.2, 0.25) is 0 Å². The first-order valence-electron chi connectivity index (χ1n) is 7.10. The van der Waals surface area contributed by atoms with Crippen LogP contribution in [0.4, 0.5) is 0 Å². The first kappa shape index (κ1) is 14.5. The van der Waals surface area contributed by atoms with Gasteiger partial charge in [-0.1, -0.05) is 26.7 Å². The molecule has 0 aromatic heterocycles. The summed E-state index contributed by atoms with van der Waals surface area (Å²) in [6.45, 7) is 8.10. The van der Waals surface area contributed by atoms with Crippen molar-refractivity contribution >= 4 is 5.91 Å². The first-order chi connectivity index (χ1) is 8.09. The lowest BCUT2D eigenvalue weighted by Gasteiger charge is -2.17. The Balaban J connectivity index is 2.08. The van der Waals surface area contributed by atoms with Gasteiger partial charge in [0, 0.05) is 6.54 Å². The second-order valence-corrected chi connectivity index (χ2v) is 5.75. The number of carbonyl (C=O) groups excluding carboxylic acids is 1. The van der Waals surface area contributed by atoms with Gasteiger partial charge in [-0.15, -0.1) is 0 Å². The van der Waals surface area contributed by atoms with Gasteiger partial charge in [0.05, 0.1) is 6.04 Å². The molecule has 3 heteroatoms. The molecule has 1 amide bonds. The minimum absolute atomic E-state index is 0.0530. The SMILES string of the molecule is CC(C)CCNC(=O)C(C)NCC1CCCC1. The minimum Gasteiger partial charge on any atom is -0.355 e. The van der Waals surface area contributed by atoms with Crippen LogP contribution in [0, 0.1) is 11.8 Å². The molecule has 0 radical (unpaired) electrons. The molecular formula is C14H28N2O. The zero-order valence-electron chi connectivity index (χ0n) is 11.6. The Labute approximate surface area is 106 Å². The molecule has 1 saturated carbocycles. The molecule has 0 bridgehead atoms. The van der Waals surface area contributed by atoms with E-state index in [1.807, 2.05) is 6.92 Å². The second-order valence-electron chi connectivity index (χ2n) is 5.75. The molecule has 1 unspecified atom stereocenters. The maximum atomic E-state index is 11.8. The fourth-order valence-corrected chi connectivity index (χ4v) is 2.29. The summed E-state index contributed by atoms with van der Waals surface area (Å²) in [5.74, 6) is 1.58. The number of carbonyl (C=O) groups is 1. The number of hydrogen-bond donors (Lipinski definition) is 2. The Morgan fingerprint density at radius 1 is 1.24 bits per heavy atom. The Hall–Kier alpha value is -0.570. The topological polar surface area (TPSA) is 41.1 Å². The minimum atomic E-state index is -0.0530. The third-order valence-corrected chi connectivity index (χ3v) is 3.60. The van der Waals surface area contributed by atoms with Crippen LogP contribution < -0.4 is 10.6 Å². The summed E-state index contributed by atoms with van der Waals surface area (Å²) in [6.07, 6.45) is 6.44. The van der Waals surface area contributed by atoms with E-state index in [1.54, 1.807) is 0 Å². The van der Waals surface area contributed by atoms with Crippen LogP contribution in [-0.4, -0.2) is 25.0 Å². The molecule has 1 fully saturated rings. The molecule has 1 rings (SSSR count). The molecule has 0 heterocycles. The molecule has 2 N–H and O–H groups in total. The second kappa shape index (κ2) is 7.70. The summed E-state index contributed by atoms with van der Waals surface area (Å²) in [7, 11) is 0. The van der Waals surface area contributed by atoms with Crippen molar-refractivity contribution in [3.8, 4) is 0 Å². The predicted molar refractivity (Wildman–Crippen MR) is 71.9 cm³/mol. The largest absolute Gasteiger partial charge is 0.355 e. The predicted octanol–water partition coefficient (Wildman–Crippen LogP) is 2.32. The summed E-state index contributed by atoms with van der Waals surface area (Å²) in [4.78, 5) is 11.8. The van der Waals surface area contributed by atoms with Crippen molar-refractivity contribution < 1.29 is 4.79 Å². The van der Waals surface area contributed by atoms with Crippen LogP contribution >= 0.6 is 0 Å². The highest BCUT2D eigenvalue weighted by atomic mass is 16.2. The molecule has 3 nitrogen and oxygen atoms in total. The average molecular weight is 240 g/mol. The summed E-state index contributed by atoms with van der Waals surface area (Å²) >= 11 is 0. The Morgan fingerprint density at radius 3 is 2.47 bits per heavy atom. The van der Waals surface area contributed by atoms with E-state index in [9.17, 15) is 4.79 Å². The molecule has 0 spiro atoms. The maximum absolute atomic E-state index is 11.8. The van der Waals surface area contributed by atoms with Crippen molar-refractivity contribution in [3.05, 3.63) is 0 Å². The highest BCUT2D eigenvalue weighted by Crippen LogP contribution is 2.23. The van der Waals surface area contributed by atoms with Crippen molar-refractivity contribution in [2.24, 2.45) is 11.8 Å². The van der Waals surface area contributed by atoms with Gasteiger partial charge in [0.1, 0.15) is 0 Å². The van der Waals surface area contributed by atoms with Crippen LogP contribution in [0.5, 0.6) is 0 Å². The maximum Gasteiger partial charge on any atom is 0.236 e. The highest BCUT2D eigenvalue weighted by molar-refractivity contribution is 5.81. The Bertz CT molecular complexity index is 222. The monoisotopic (exact) mass is 240 g/mol. The Kier molecular flexibility index (Phi) is 6.56. The van der Waals surface area contributed by atoms with Gasteiger partial charge in [-0.3, -0.25) is 4.79 Å². The van der Waals surface area contributed by atoms with E-state index in [-0.39, 0.29) is 11.9 Å². The molecule has 1 aliphatic rings. The van der Waals surface area contributed by atoms with Gasteiger partial charge in [-0.2, -0.15) is 0 Å². The molecule has 17 heavy (non-hydrogen) atoms. The lowest BCUT2D eigenvalue weighted by atomic mass is 10.1. The van der Waals surface area contributed by atoms with Gasteiger partial charge in [-0.25, -0.2) is 0 Å². The van der Waals surface area contributed by atoms with Crippen molar-refractivity contribution in [2.45, 2.75) is 58.9 Å². The normalized spacial score (nSPS) is 18.6. The lowest BCUT2D eigenvalue weighted by Crippen LogP contribution is -2.44. The zero-order chi connectivity index (χ0) is 12.7. The fourth-order valence-electron chi connectivity index (χ4n) is 2.29. The van der Waals surface area contributed by atoms with Crippen molar-refractivity contribution in [1.82, 2.24) is 10.6 Å². The molecule has 0 aliphatic heterocycles. The van der Waals surface area contributed by atoms with E-state index < -0.39 is 0 Å². The molecule has 0 saturated heterocycles. The third-order valence-electron chi connectivity index (χ3n) is 3.60. The summed E-state index contributed by atoms with van der Waals surface area (Å²) in [5.41, 5.74) is 0. The van der Waals surface area contributed by atoms with Crippen LogP contribution in [-0.2, 0) is 4.79 Å². The average Bonchev–Trinajstić information content (AvgIpc) is 2.78. The van der Waals surface area contributed by atoms with Gasteiger partial charge in [0.2, 0.25) is 5.91 Å². The number of rotatable bonds is 7. The van der Waals surface area contributed by atoms with Crippen molar-refractivity contribution in [1.29, 1.82) is 0 Å². The van der Waals surface area contributed by atoms with Crippen molar-refractivity contribution in [3.63, 3.8) is 0 Å². The van der Waals surface area contributed by atoms with E-state index in [4.69, 9.17) is 0 Å². The first-order valence-corrected chi connectivity index (χ1v) is 7.10. The van der Waals surface area contributed by atoms with Gasteiger partial charge in [0.15, 0.2) is 0 Å². The molecular weight excluding hydrogens is 212 g/mol. The summed E-state index contributed by atoms with van der Waals surface area (Å²) < 4.78 is 0. The van der Waals surface area contributed by atoms with Crippen molar-refractivity contribution in [2.75, 3.05) is 13.1 Å². The molecule has 1 atom stereocenters. The lowest BCUT2D eigenvalue weighted by molar-refractivity contribution is -0.122. The zero-order valence-corrected chi connectivity index (χ0v) is 11.6. The van der Waals surface area contributed by atoms with Crippen LogP contribution in [0.25, 0.3) is 0 Å². The van der Waals surface area contributed by atoms with Crippen LogP contribution in [0.3, 0.4) is 0 Å². The summed E-state index contributed by atoms with van der Waals surface area (Å²) in [6, 6.07) is -0.0530. The number of amides is 1. The van der Waals surface area contributed by atoms with E-state index in [1.165, 1.54) is 25.7 Å².